The quantitative estimate of drug-likeness (QED) is 0.880. The van der Waals surface area contributed by atoms with Crippen LogP contribution < -0.4 is 5.32 Å². The van der Waals surface area contributed by atoms with Crippen molar-refractivity contribution in [3.05, 3.63) is 17.5 Å². The smallest absolute Gasteiger partial charge is 0.0722 e. The fourth-order valence-corrected chi connectivity index (χ4v) is 2.90. The van der Waals surface area contributed by atoms with Gasteiger partial charge in [-0.1, -0.05) is 20.8 Å². The number of nitrogens with one attached hydrogen (secondary N) is 1. The fourth-order valence-electron chi connectivity index (χ4n) is 2.90. The van der Waals surface area contributed by atoms with Crippen LogP contribution in [0, 0.1) is 0 Å². The minimum atomic E-state index is 0.107. The van der Waals surface area contributed by atoms with Crippen molar-refractivity contribution in [2.75, 3.05) is 46.3 Å². The van der Waals surface area contributed by atoms with Crippen LogP contribution in [0.15, 0.2) is 6.20 Å². The molecule has 5 nitrogen and oxygen atoms in total. The summed E-state index contributed by atoms with van der Waals surface area (Å²) in [6.45, 7) is 14.6. The minimum absolute atomic E-state index is 0.107. The number of hydrogen-bond acceptors (Lipinski definition) is 4. The summed E-state index contributed by atoms with van der Waals surface area (Å²) in [4.78, 5) is 4.95. The van der Waals surface area contributed by atoms with Gasteiger partial charge in [0.25, 0.3) is 0 Å². The van der Waals surface area contributed by atoms with Crippen molar-refractivity contribution in [2.24, 2.45) is 7.05 Å². The first-order chi connectivity index (χ1) is 9.86. The van der Waals surface area contributed by atoms with E-state index >= 15 is 0 Å². The van der Waals surface area contributed by atoms with Gasteiger partial charge in [0.05, 0.1) is 5.69 Å². The summed E-state index contributed by atoms with van der Waals surface area (Å²) in [5, 5.41) is 8.06. The molecule has 0 unspecified atom stereocenters. The zero-order valence-corrected chi connectivity index (χ0v) is 14.3. The average molecular weight is 293 g/mol. The summed E-state index contributed by atoms with van der Waals surface area (Å²) in [7, 11) is 4.22. The van der Waals surface area contributed by atoms with Gasteiger partial charge in [-0.15, -0.1) is 0 Å². The lowest BCUT2D eigenvalue weighted by molar-refractivity contribution is 0.202. The van der Waals surface area contributed by atoms with Gasteiger partial charge in [0.15, 0.2) is 0 Å². The van der Waals surface area contributed by atoms with Gasteiger partial charge in [0.1, 0.15) is 0 Å². The minimum Gasteiger partial charge on any atom is -0.314 e. The molecule has 0 spiro atoms. The molecule has 0 aromatic carbocycles. The molecule has 1 saturated heterocycles. The van der Waals surface area contributed by atoms with Crippen molar-refractivity contribution in [1.29, 1.82) is 0 Å². The second-order valence-electron chi connectivity index (χ2n) is 7.26. The molecule has 1 aliphatic rings. The molecule has 1 fully saturated rings. The number of rotatable bonds is 5. The van der Waals surface area contributed by atoms with Gasteiger partial charge >= 0.3 is 0 Å². The van der Waals surface area contributed by atoms with E-state index in [1.165, 1.54) is 24.3 Å². The van der Waals surface area contributed by atoms with Crippen LogP contribution in [-0.4, -0.2) is 65.9 Å². The van der Waals surface area contributed by atoms with E-state index in [1.54, 1.807) is 0 Å². The first-order valence-electron chi connectivity index (χ1n) is 8.01. The number of nitrogens with zero attached hydrogens (tertiary/aromatic N) is 4. The summed E-state index contributed by atoms with van der Waals surface area (Å²) in [6, 6.07) is 0. The third kappa shape index (κ3) is 4.80. The molecule has 2 heterocycles. The zero-order valence-electron chi connectivity index (χ0n) is 14.3. The molecule has 1 aliphatic heterocycles. The van der Waals surface area contributed by atoms with Crippen molar-refractivity contribution in [1.82, 2.24) is 24.9 Å². The van der Waals surface area contributed by atoms with E-state index in [4.69, 9.17) is 0 Å². The van der Waals surface area contributed by atoms with Gasteiger partial charge in [-0.3, -0.25) is 9.58 Å². The Morgan fingerprint density at radius 1 is 1.29 bits per heavy atom. The Morgan fingerprint density at radius 3 is 2.57 bits per heavy atom. The zero-order chi connectivity index (χ0) is 15.5. The Hall–Kier alpha value is -0.910. The topological polar surface area (TPSA) is 36.3 Å². The number of aryl methyl sites for hydroxylation is 1. The van der Waals surface area contributed by atoms with Crippen molar-refractivity contribution >= 4 is 0 Å². The molecule has 0 aliphatic carbocycles. The summed E-state index contributed by atoms with van der Waals surface area (Å²) < 4.78 is 1.94. The summed E-state index contributed by atoms with van der Waals surface area (Å²) in [6.07, 6.45) is 2.17. The highest BCUT2D eigenvalue weighted by Gasteiger charge is 2.22. The Kier molecular flexibility index (Phi) is 5.41. The largest absolute Gasteiger partial charge is 0.314 e. The molecule has 5 heteroatoms. The molecule has 120 valence electrons. The molecule has 1 aromatic heterocycles. The van der Waals surface area contributed by atoms with E-state index in [0.717, 1.165) is 32.7 Å². The van der Waals surface area contributed by atoms with Crippen LogP contribution in [0.25, 0.3) is 0 Å². The van der Waals surface area contributed by atoms with Crippen LogP contribution in [0.1, 0.15) is 32.0 Å². The Morgan fingerprint density at radius 2 is 1.95 bits per heavy atom. The van der Waals surface area contributed by atoms with Crippen LogP contribution in [0.4, 0.5) is 0 Å². The van der Waals surface area contributed by atoms with E-state index in [9.17, 15) is 0 Å². The summed E-state index contributed by atoms with van der Waals surface area (Å²) in [5.41, 5.74) is 2.68. The highest BCUT2D eigenvalue weighted by atomic mass is 15.3. The number of piperazine rings is 1. The molecule has 2 rings (SSSR count). The maximum atomic E-state index is 4.66. The highest BCUT2D eigenvalue weighted by Crippen LogP contribution is 2.24. The molecule has 1 aromatic rings. The van der Waals surface area contributed by atoms with Crippen molar-refractivity contribution in [3.63, 3.8) is 0 Å². The van der Waals surface area contributed by atoms with Crippen molar-refractivity contribution in [2.45, 2.75) is 32.7 Å². The van der Waals surface area contributed by atoms with Crippen LogP contribution >= 0.6 is 0 Å². The van der Waals surface area contributed by atoms with Gasteiger partial charge in [-0.25, -0.2) is 0 Å². The van der Waals surface area contributed by atoms with Crippen molar-refractivity contribution in [3.8, 4) is 0 Å². The molecule has 21 heavy (non-hydrogen) atoms. The van der Waals surface area contributed by atoms with Gasteiger partial charge < -0.3 is 10.2 Å². The van der Waals surface area contributed by atoms with E-state index in [1.807, 2.05) is 11.7 Å². The van der Waals surface area contributed by atoms with E-state index in [-0.39, 0.29) is 5.41 Å². The predicted molar refractivity (Wildman–Crippen MR) is 87.6 cm³/mol. The monoisotopic (exact) mass is 293 g/mol. The molecule has 0 atom stereocenters. The normalized spacial score (nSPS) is 17.6. The SMILES string of the molecule is CN(CCN1CCNCC1)Cc1cn(C)nc1C(C)(C)C. The predicted octanol–water partition coefficient (Wildman–Crippen LogP) is 1.05. The third-order valence-electron chi connectivity index (χ3n) is 4.06. The van der Waals surface area contributed by atoms with Gasteiger partial charge in [0.2, 0.25) is 0 Å². The van der Waals surface area contributed by atoms with E-state index in [0.29, 0.717) is 0 Å². The molecule has 0 bridgehead atoms. The highest BCUT2D eigenvalue weighted by molar-refractivity contribution is 5.23. The van der Waals surface area contributed by atoms with E-state index < -0.39 is 0 Å². The Bertz CT molecular complexity index is 440. The molecule has 1 N–H and O–H groups in total. The molecule has 0 saturated carbocycles. The van der Waals surface area contributed by atoms with Gasteiger partial charge in [0, 0.05) is 70.0 Å². The average Bonchev–Trinajstić information content (AvgIpc) is 2.78. The van der Waals surface area contributed by atoms with Gasteiger partial charge in [-0.2, -0.15) is 5.10 Å². The van der Waals surface area contributed by atoms with Crippen LogP contribution in [0.3, 0.4) is 0 Å². The molecular formula is C16H31N5. The second kappa shape index (κ2) is 6.90. The van der Waals surface area contributed by atoms with Crippen LogP contribution in [0.2, 0.25) is 0 Å². The molecule has 0 radical (unpaired) electrons. The number of aromatic nitrogens is 2. The maximum absolute atomic E-state index is 4.66. The fraction of sp³-hybridized carbons (Fsp3) is 0.812. The van der Waals surface area contributed by atoms with E-state index in [2.05, 4.69) is 54.2 Å². The molecular weight excluding hydrogens is 262 g/mol. The number of likely N-dealkylation sites (N-methyl/N-ethyl adjacent to an activating group) is 1. The number of hydrogen-bond donors (Lipinski definition) is 1. The Balaban J connectivity index is 1.88. The maximum Gasteiger partial charge on any atom is 0.0722 e. The first kappa shape index (κ1) is 16.5. The Labute approximate surface area is 129 Å². The summed E-state index contributed by atoms with van der Waals surface area (Å²) >= 11 is 0. The molecule has 0 amide bonds. The lowest BCUT2D eigenvalue weighted by Gasteiger charge is -2.29. The first-order valence-corrected chi connectivity index (χ1v) is 8.01. The summed E-state index contributed by atoms with van der Waals surface area (Å²) in [5.74, 6) is 0. The second-order valence-corrected chi connectivity index (χ2v) is 7.26. The lowest BCUT2D eigenvalue weighted by Crippen LogP contribution is -2.45. The van der Waals surface area contributed by atoms with Crippen molar-refractivity contribution < 1.29 is 0 Å². The third-order valence-corrected chi connectivity index (χ3v) is 4.06. The standard InChI is InChI=1S/C16H31N5/c1-16(2,3)15-14(13-20(5)18-15)12-19(4)10-11-21-8-6-17-7-9-21/h13,17H,6-12H2,1-5H3. The van der Waals surface area contributed by atoms with Crippen LogP contribution in [-0.2, 0) is 19.0 Å². The lowest BCUT2D eigenvalue weighted by atomic mass is 9.89. The van der Waals surface area contributed by atoms with Crippen LogP contribution in [0.5, 0.6) is 0 Å². The van der Waals surface area contributed by atoms with Gasteiger partial charge in [-0.05, 0) is 7.05 Å².